The van der Waals surface area contributed by atoms with Crippen molar-refractivity contribution >= 4 is 15.7 Å². The number of unbranched alkanes of at least 4 members (excludes halogenated alkanes) is 11. The molecule has 0 rings (SSSR count). The van der Waals surface area contributed by atoms with Gasteiger partial charge in [-0.3, -0.25) is 0 Å². The first-order chi connectivity index (χ1) is 12.5. The van der Waals surface area contributed by atoms with Crippen molar-refractivity contribution in [3.8, 4) is 11.9 Å². The number of nitrogens with zero attached hydrogens (tertiary/aromatic N) is 4. The van der Waals surface area contributed by atoms with Crippen LogP contribution < -0.4 is 0 Å². The molecule has 0 aromatic carbocycles. The number of nitriles is 2. The van der Waals surface area contributed by atoms with E-state index in [2.05, 4.69) is 53.7 Å². The van der Waals surface area contributed by atoms with Crippen LogP contribution in [0.2, 0.25) is 0 Å². The van der Waals surface area contributed by atoms with Gasteiger partial charge < -0.3 is 9.80 Å². The predicted octanol–water partition coefficient (Wildman–Crippen LogP) is 4.06. The lowest BCUT2D eigenvalue weighted by Crippen LogP contribution is -2.12. The van der Waals surface area contributed by atoms with Gasteiger partial charge in [-0.05, 0) is 66.1 Å². The van der Waals surface area contributed by atoms with Gasteiger partial charge in [0.1, 0.15) is 0 Å². The van der Waals surface area contributed by atoms with E-state index in [9.17, 15) is 0 Å². The van der Waals surface area contributed by atoms with Crippen LogP contribution in [0.1, 0.15) is 77.0 Å². The summed E-state index contributed by atoms with van der Waals surface area (Å²) in [6.45, 7) is 2.52. The van der Waals surface area contributed by atoms with Crippen LogP contribution in [-0.2, 0) is 0 Å². The van der Waals surface area contributed by atoms with E-state index in [1.807, 2.05) is 0 Å². The molecule has 0 aliphatic carbocycles. The fraction of sp³-hybridized carbons (Fsp3) is 0.900. The minimum Gasteiger partial charge on any atom is -0.309 e. The smallest absolute Gasteiger partial charge is 0.229 e. The molecule has 0 heterocycles. The van der Waals surface area contributed by atoms with Gasteiger partial charge in [0.25, 0.3) is 0 Å². The Hall–Kier alpha value is -0.970. The van der Waals surface area contributed by atoms with E-state index >= 15 is 0 Å². The topological polar surface area (TPSA) is 54.1 Å². The van der Waals surface area contributed by atoms with E-state index in [1.54, 1.807) is 0 Å². The van der Waals surface area contributed by atoms with Gasteiger partial charge >= 0.3 is 0 Å². The molecule has 0 amide bonds. The van der Waals surface area contributed by atoms with E-state index < -0.39 is 0 Å². The molecule has 0 saturated carbocycles. The molecule has 4 nitrogen and oxygen atoms in total. The van der Waals surface area contributed by atoms with E-state index in [1.165, 1.54) is 102 Å². The maximum absolute atomic E-state index is 7.10. The fourth-order valence-electron chi connectivity index (χ4n) is 2.62. The van der Waals surface area contributed by atoms with Crippen molar-refractivity contribution in [3.63, 3.8) is 0 Å². The monoisotopic (exact) mass is 358 g/mol. The Balaban J connectivity index is -0.000000768. The highest BCUT2D eigenvalue weighted by molar-refractivity contribution is 6.20. The predicted molar refractivity (Wildman–Crippen MR) is 115 cm³/mol. The number of hydrogen-bond donors (Lipinski definition) is 0. The summed E-state index contributed by atoms with van der Waals surface area (Å²) in [7, 11) is 17.0. The van der Waals surface area contributed by atoms with Crippen LogP contribution in [0.5, 0.6) is 0 Å². The lowest BCUT2D eigenvalue weighted by Gasteiger charge is -2.09. The molecule has 0 fully saturated rings. The molecule has 0 atom stereocenters. The van der Waals surface area contributed by atoms with Crippen LogP contribution >= 0.6 is 0 Å². The van der Waals surface area contributed by atoms with E-state index in [-0.39, 0.29) is 0 Å². The Morgan fingerprint density at radius 2 is 0.654 bits per heavy atom. The highest BCUT2D eigenvalue weighted by atomic mass is 15.0. The van der Waals surface area contributed by atoms with Gasteiger partial charge in [0.2, 0.25) is 15.7 Å². The zero-order valence-electron chi connectivity index (χ0n) is 17.8. The molecule has 0 spiro atoms. The normalized spacial score (nSPS) is 9.54. The van der Waals surface area contributed by atoms with Crippen LogP contribution in [0.3, 0.4) is 0 Å². The van der Waals surface area contributed by atoms with Crippen molar-refractivity contribution in [1.82, 2.24) is 9.80 Å². The van der Waals surface area contributed by atoms with Gasteiger partial charge in [-0.15, -0.1) is 0 Å². The standard InChI is InChI=1S/C18H40N2.2CBN/c1-19(2)17-15-13-11-9-7-5-6-8-10-12-14-16-18-20(3)4;2*2-1-3/h5-18H2,1-4H3;;. The number of rotatable bonds is 15. The largest absolute Gasteiger partial charge is 0.309 e. The van der Waals surface area contributed by atoms with Crippen LogP contribution in [0.4, 0.5) is 0 Å². The maximum Gasteiger partial charge on any atom is 0.229 e. The summed E-state index contributed by atoms with van der Waals surface area (Å²) >= 11 is 0. The highest BCUT2D eigenvalue weighted by Gasteiger charge is 1.95. The summed E-state index contributed by atoms with van der Waals surface area (Å²) in [6.07, 6.45) is 17.2. The molecule has 4 radical (unpaired) electrons. The van der Waals surface area contributed by atoms with Crippen LogP contribution in [0.25, 0.3) is 0 Å². The summed E-state index contributed by atoms with van der Waals surface area (Å²) in [5, 5.41) is 14.2. The first-order valence-electron chi connectivity index (χ1n) is 9.95. The minimum atomic E-state index is 1.25. The Labute approximate surface area is 166 Å². The first-order valence-corrected chi connectivity index (χ1v) is 9.95. The van der Waals surface area contributed by atoms with E-state index in [0.29, 0.717) is 0 Å². The summed E-state index contributed by atoms with van der Waals surface area (Å²) in [4.78, 5) is 4.58. The zero-order chi connectivity index (χ0) is 20.5. The average molecular weight is 358 g/mol. The van der Waals surface area contributed by atoms with Gasteiger partial charge in [0.15, 0.2) is 0 Å². The van der Waals surface area contributed by atoms with Crippen molar-refractivity contribution in [2.24, 2.45) is 0 Å². The van der Waals surface area contributed by atoms with Crippen LogP contribution in [0.15, 0.2) is 0 Å². The van der Waals surface area contributed by atoms with Gasteiger partial charge in [0, 0.05) is 0 Å². The molecule has 146 valence electrons. The van der Waals surface area contributed by atoms with Gasteiger partial charge in [0.05, 0.1) is 0 Å². The first kappa shape index (κ1) is 29.8. The SMILES string of the molecule is CN(C)CCCCCCCCCCCCCCN(C)C.[B]C#N.[B]C#N. The summed E-state index contributed by atoms with van der Waals surface area (Å²) in [5.74, 6) is 2.50. The van der Waals surface area contributed by atoms with Crippen molar-refractivity contribution in [1.29, 1.82) is 10.5 Å². The Kier molecular flexibility index (Phi) is 33.0. The van der Waals surface area contributed by atoms with E-state index in [4.69, 9.17) is 10.5 Å². The van der Waals surface area contributed by atoms with Crippen molar-refractivity contribution in [2.45, 2.75) is 77.0 Å². The molecule has 0 bridgehead atoms. The summed E-state index contributed by atoms with van der Waals surface area (Å²) < 4.78 is 0. The Bertz CT molecular complexity index is 291. The molecule has 0 saturated heterocycles. The second kappa shape index (κ2) is 28.8. The highest BCUT2D eigenvalue weighted by Crippen LogP contribution is 2.12. The third-order valence-electron chi connectivity index (χ3n) is 3.96. The summed E-state index contributed by atoms with van der Waals surface area (Å²) in [6, 6.07) is 0. The molecule has 0 aromatic rings. The van der Waals surface area contributed by atoms with Gasteiger partial charge in [-0.1, -0.05) is 64.2 Å². The minimum absolute atomic E-state index is 1.25. The molecule has 0 aliphatic heterocycles. The van der Waals surface area contributed by atoms with Crippen LogP contribution in [-0.4, -0.2) is 66.8 Å². The lowest BCUT2D eigenvalue weighted by atomic mass is 10.1. The third kappa shape index (κ3) is 43.5. The zero-order valence-corrected chi connectivity index (χ0v) is 17.8. The fourth-order valence-corrected chi connectivity index (χ4v) is 2.62. The van der Waals surface area contributed by atoms with Gasteiger partial charge in [-0.25, -0.2) is 10.5 Å². The molecule has 0 aromatic heterocycles. The third-order valence-corrected chi connectivity index (χ3v) is 3.96. The van der Waals surface area contributed by atoms with Gasteiger partial charge in [-0.2, -0.15) is 0 Å². The average Bonchev–Trinajstić information content (AvgIpc) is 2.56. The van der Waals surface area contributed by atoms with Crippen molar-refractivity contribution in [3.05, 3.63) is 0 Å². The molecule has 6 heteroatoms. The second-order valence-electron chi connectivity index (χ2n) is 7.11. The molecule has 0 unspecified atom stereocenters. The Morgan fingerprint density at radius 1 is 0.500 bits per heavy atom. The lowest BCUT2D eigenvalue weighted by molar-refractivity contribution is 0.387. The van der Waals surface area contributed by atoms with E-state index in [0.717, 1.165) is 0 Å². The second-order valence-corrected chi connectivity index (χ2v) is 7.11. The molecular formula is C20H40B2N4. The maximum atomic E-state index is 7.10. The van der Waals surface area contributed by atoms with Crippen LogP contribution in [0, 0.1) is 22.5 Å². The van der Waals surface area contributed by atoms with Crippen molar-refractivity contribution in [2.75, 3.05) is 41.3 Å². The summed E-state index contributed by atoms with van der Waals surface area (Å²) in [5.41, 5.74) is 0. The Morgan fingerprint density at radius 3 is 0.808 bits per heavy atom. The number of hydrogen-bond acceptors (Lipinski definition) is 4. The quantitative estimate of drug-likeness (QED) is 0.327. The van der Waals surface area contributed by atoms with Crippen molar-refractivity contribution < 1.29 is 0 Å². The molecule has 0 aliphatic rings. The molecule has 26 heavy (non-hydrogen) atoms. The molecular weight excluding hydrogens is 318 g/mol. The molecule has 0 N–H and O–H groups in total.